The molecule has 2 N–H and O–H groups in total. The Morgan fingerprint density at radius 3 is 2.22 bits per heavy atom. The topological polar surface area (TPSA) is 69.4 Å². The molecule has 0 amide bonds. The van der Waals surface area contributed by atoms with Gasteiger partial charge >= 0.3 is 0 Å². The van der Waals surface area contributed by atoms with Crippen molar-refractivity contribution in [3.63, 3.8) is 0 Å². The fourth-order valence-electron chi connectivity index (χ4n) is 3.95. The molecule has 0 heterocycles. The minimum atomic E-state index is -3.56. The fourth-order valence-corrected chi connectivity index (χ4v) is 6.52. The van der Waals surface area contributed by atoms with Crippen LogP contribution in [0.5, 0.6) is 0 Å². The van der Waals surface area contributed by atoms with Gasteiger partial charge in [0.1, 0.15) is 0 Å². The summed E-state index contributed by atoms with van der Waals surface area (Å²) >= 11 is 5.93. The molecule has 0 aliphatic heterocycles. The third-order valence-electron chi connectivity index (χ3n) is 5.56. The van der Waals surface area contributed by atoms with Crippen molar-refractivity contribution in [2.24, 2.45) is 11.1 Å². The molecule has 1 aliphatic rings. The molecule has 0 radical (unpaired) electrons. The van der Waals surface area contributed by atoms with E-state index >= 15 is 0 Å². The lowest BCUT2D eigenvalue weighted by Gasteiger charge is -2.16. The van der Waals surface area contributed by atoms with Crippen molar-refractivity contribution < 1.29 is 13.2 Å². The van der Waals surface area contributed by atoms with Gasteiger partial charge in [0.25, 0.3) is 0 Å². The second kappa shape index (κ2) is 7.92. The summed E-state index contributed by atoms with van der Waals surface area (Å²) in [7, 11) is -3.56. The minimum Gasteiger partial charge on any atom is -0.381 e. The summed E-state index contributed by atoms with van der Waals surface area (Å²) in [5, 5.41) is -0.0916. The Labute approximate surface area is 166 Å². The second-order valence-corrected chi connectivity index (χ2v) is 9.57. The highest BCUT2D eigenvalue weighted by Gasteiger charge is 2.70. The Morgan fingerprint density at radius 2 is 1.70 bits per heavy atom. The number of rotatable bonds is 8. The van der Waals surface area contributed by atoms with Crippen molar-refractivity contribution in [2.75, 3.05) is 19.8 Å². The molecule has 0 bridgehead atoms. The van der Waals surface area contributed by atoms with Gasteiger partial charge in [-0.3, -0.25) is 0 Å². The lowest BCUT2D eigenvalue weighted by molar-refractivity contribution is 0.101. The Kier molecular flexibility index (Phi) is 5.96. The third kappa shape index (κ3) is 3.66. The van der Waals surface area contributed by atoms with Crippen LogP contribution in [0.1, 0.15) is 30.9 Å². The van der Waals surface area contributed by atoms with E-state index < -0.39 is 20.5 Å². The average Bonchev–Trinajstić information content (AvgIpc) is 3.37. The van der Waals surface area contributed by atoms with Crippen molar-refractivity contribution in [3.05, 3.63) is 64.7 Å². The summed E-state index contributed by atoms with van der Waals surface area (Å²) in [4.78, 5) is 0.277. The maximum Gasteiger partial charge on any atom is 0.182 e. The number of benzene rings is 2. The number of hydrogen-bond acceptors (Lipinski definition) is 4. The number of aryl methyl sites for hydroxylation is 1. The van der Waals surface area contributed by atoms with E-state index in [1.807, 2.05) is 19.1 Å². The van der Waals surface area contributed by atoms with E-state index in [1.54, 1.807) is 24.3 Å². The Bertz CT molecular complexity index is 881. The summed E-state index contributed by atoms with van der Waals surface area (Å²) in [6.45, 7) is 5.11. The minimum absolute atomic E-state index is 0.180. The van der Waals surface area contributed by atoms with Gasteiger partial charge in [0.2, 0.25) is 0 Å². The Hall–Kier alpha value is -1.40. The van der Waals surface area contributed by atoms with Crippen LogP contribution in [-0.2, 0) is 21.0 Å². The van der Waals surface area contributed by atoms with Crippen LogP contribution in [0.25, 0.3) is 0 Å². The summed E-state index contributed by atoms with van der Waals surface area (Å²) in [5.41, 5.74) is 7.73. The standard InChI is InChI=1S/C21H26ClNO3S/c1-3-15-5-7-16(8-6-15)19-20(21(19,13-23)14-26-4-2)27(24,25)18-11-9-17(22)10-12-18/h5-12,19-20H,3-4,13-14,23H2,1-2H3/t19-,20-,21-/m0/s1. The van der Waals surface area contributed by atoms with Crippen molar-refractivity contribution >= 4 is 21.4 Å². The van der Waals surface area contributed by atoms with Crippen LogP contribution in [0.2, 0.25) is 5.02 Å². The molecule has 27 heavy (non-hydrogen) atoms. The molecular formula is C21H26ClNO3S. The first-order valence-corrected chi connectivity index (χ1v) is 11.2. The van der Waals surface area contributed by atoms with E-state index in [0.29, 0.717) is 18.2 Å². The maximum absolute atomic E-state index is 13.4. The molecule has 0 spiro atoms. The molecule has 0 saturated heterocycles. The van der Waals surface area contributed by atoms with Gasteiger partial charge in [0.05, 0.1) is 16.8 Å². The molecule has 3 atom stereocenters. The largest absolute Gasteiger partial charge is 0.381 e. The van der Waals surface area contributed by atoms with Crippen molar-refractivity contribution in [1.82, 2.24) is 0 Å². The summed E-state index contributed by atoms with van der Waals surface area (Å²) in [6.07, 6.45) is 0.943. The van der Waals surface area contributed by atoms with Crippen LogP contribution in [0, 0.1) is 5.41 Å². The number of nitrogens with two attached hydrogens (primary N) is 1. The molecule has 0 aromatic heterocycles. The van der Waals surface area contributed by atoms with Crippen molar-refractivity contribution in [1.29, 1.82) is 0 Å². The Balaban J connectivity index is 2.02. The molecule has 6 heteroatoms. The average molecular weight is 408 g/mol. The number of halogens is 1. The van der Waals surface area contributed by atoms with Crippen molar-refractivity contribution in [2.45, 2.75) is 36.3 Å². The zero-order valence-corrected chi connectivity index (χ0v) is 17.3. The number of sulfone groups is 1. The van der Waals surface area contributed by atoms with Crippen LogP contribution in [0.3, 0.4) is 0 Å². The lowest BCUT2D eigenvalue weighted by Crippen LogP contribution is -2.29. The zero-order valence-electron chi connectivity index (χ0n) is 15.7. The van der Waals surface area contributed by atoms with Gasteiger partial charge in [0.15, 0.2) is 9.84 Å². The molecule has 146 valence electrons. The van der Waals surface area contributed by atoms with E-state index in [-0.39, 0.29) is 17.4 Å². The van der Waals surface area contributed by atoms with E-state index in [2.05, 4.69) is 19.1 Å². The molecule has 0 unspecified atom stereocenters. The van der Waals surface area contributed by atoms with Crippen LogP contribution < -0.4 is 5.73 Å². The molecule has 2 aromatic rings. The first-order chi connectivity index (χ1) is 12.9. The van der Waals surface area contributed by atoms with E-state index in [4.69, 9.17) is 22.1 Å². The monoisotopic (exact) mass is 407 g/mol. The van der Waals surface area contributed by atoms with E-state index in [1.165, 1.54) is 5.56 Å². The summed E-state index contributed by atoms with van der Waals surface area (Å²) in [6, 6.07) is 14.5. The number of hydrogen-bond donors (Lipinski definition) is 1. The fraction of sp³-hybridized carbons (Fsp3) is 0.429. The van der Waals surface area contributed by atoms with Gasteiger partial charge in [-0.1, -0.05) is 42.8 Å². The predicted octanol–water partition coefficient (Wildman–Crippen LogP) is 3.82. The van der Waals surface area contributed by atoms with Crippen LogP contribution in [-0.4, -0.2) is 33.4 Å². The van der Waals surface area contributed by atoms with Crippen LogP contribution >= 0.6 is 11.6 Å². The summed E-state index contributed by atoms with van der Waals surface area (Å²) < 4.78 is 32.5. The highest BCUT2D eigenvalue weighted by atomic mass is 35.5. The van der Waals surface area contributed by atoms with Gasteiger partial charge in [0, 0.05) is 29.5 Å². The van der Waals surface area contributed by atoms with Crippen LogP contribution in [0.15, 0.2) is 53.4 Å². The van der Waals surface area contributed by atoms with Crippen LogP contribution in [0.4, 0.5) is 0 Å². The van der Waals surface area contributed by atoms with Crippen molar-refractivity contribution in [3.8, 4) is 0 Å². The van der Waals surface area contributed by atoms with E-state index in [9.17, 15) is 8.42 Å². The molecular weight excluding hydrogens is 382 g/mol. The molecule has 3 rings (SSSR count). The third-order valence-corrected chi connectivity index (χ3v) is 8.15. The Morgan fingerprint density at radius 1 is 1.07 bits per heavy atom. The zero-order chi connectivity index (χ0) is 19.7. The molecule has 1 fully saturated rings. The highest BCUT2D eigenvalue weighted by Crippen LogP contribution is 2.63. The predicted molar refractivity (Wildman–Crippen MR) is 109 cm³/mol. The van der Waals surface area contributed by atoms with Gasteiger partial charge < -0.3 is 10.5 Å². The SMILES string of the molecule is CCOC[C@@]1(CN)[C@@H](c2ccc(CC)cc2)[C@@H]1S(=O)(=O)c1ccc(Cl)cc1. The van der Waals surface area contributed by atoms with Gasteiger partial charge in [-0.05, 0) is 48.7 Å². The number of ether oxygens (including phenoxy) is 1. The normalized spacial score (nSPS) is 24.7. The maximum atomic E-state index is 13.4. The van der Waals surface area contributed by atoms with Gasteiger partial charge in [-0.15, -0.1) is 0 Å². The smallest absolute Gasteiger partial charge is 0.182 e. The molecule has 4 nitrogen and oxygen atoms in total. The lowest BCUT2D eigenvalue weighted by atomic mass is 9.99. The van der Waals surface area contributed by atoms with Gasteiger partial charge in [-0.2, -0.15) is 0 Å². The molecule has 1 aliphatic carbocycles. The molecule has 2 aromatic carbocycles. The first-order valence-electron chi connectivity index (χ1n) is 9.26. The van der Waals surface area contributed by atoms with E-state index in [0.717, 1.165) is 12.0 Å². The van der Waals surface area contributed by atoms with Gasteiger partial charge in [-0.25, -0.2) is 8.42 Å². The first kappa shape index (κ1) is 20.3. The highest BCUT2D eigenvalue weighted by molar-refractivity contribution is 7.92. The molecule has 1 saturated carbocycles. The quantitative estimate of drug-likeness (QED) is 0.722. The second-order valence-electron chi connectivity index (χ2n) is 7.07. The summed E-state index contributed by atoms with van der Waals surface area (Å²) in [5.74, 6) is -0.180.